The van der Waals surface area contributed by atoms with Crippen molar-refractivity contribution in [1.82, 2.24) is 4.31 Å². The summed E-state index contributed by atoms with van der Waals surface area (Å²) in [4.78, 5) is 10.8. The highest BCUT2D eigenvalue weighted by molar-refractivity contribution is 7.89. The third-order valence-corrected chi connectivity index (χ3v) is 6.25. The summed E-state index contributed by atoms with van der Waals surface area (Å²) in [7, 11) is -3.26. The fourth-order valence-corrected chi connectivity index (χ4v) is 4.39. The molecular weight excluding hydrogens is 258 g/mol. The minimum atomic E-state index is -3.26. The van der Waals surface area contributed by atoms with Crippen molar-refractivity contribution < 1.29 is 23.1 Å². The van der Waals surface area contributed by atoms with E-state index < -0.39 is 21.9 Å². The molecule has 1 N–H and O–H groups in total. The highest BCUT2D eigenvalue weighted by Gasteiger charge is 2.43. The van der Waals surface area contributed by atoms with Crippen LogP contribution in [0.15, 0.2) is 0 Å². The van der Waals surface area contributed by atoms with Gasteiger partial charge in [-0.3, -0.25) is 4.79 Å². The van der Waals surface area contributed by atoms with Gasteiger partial charge < -0.3 is 9.84 Å². The van der Waals surface area contributed by atoms with Gasteiger partial charge in [0.05, 0.1) is 11.2 Å². The molecule has 2 aliphatic rings. The van der Waals surface area contributed by atoms with Crippen molar-refractivity contribution in [1.29, 1.82) is 0 Å². The molecule has 2 saturated heterocycles. The third kappa shape index (κ3) is 2.53. The first kappa shape index (κ1) is 13.8. The van der Waals surface area contributed by atoms with Crippen LogP contribution in [0.25, 0.3) is 0 Å². The van der Waals surface area contributed by atoms with Gasteiger partial charge >= 0.3 is 5.97 Å². The molecule has 0 spiro atoms. The number of nitrogens with zero attached hydrogens (tertiary/aromatic N) is 1. The molecule has 104 valence electrons. The molecule has 1 unspecified atom stereocenters. The Hall–Kier alpha value is -0.660. The van der Waals surface area contributed by atoms with E-state index in [1.807, 2.05) is 0 Å². The van der Waals surface area contributed by atoms with Gasteiger partial charge in [-0.1, -0.05) is 6.92 Å². The quantitative estimate of drug-likeness (QED) is 0.790. The maximum absolute atomic E-state index is 12.2. The van der Waals surface area contributed by atoms with Crippen LogP contribution in [0.1, 0.15) is 19.8 Å². The summed E-state index contributed by atoms with van der Waals surface area (Å²) in [6.45, 7) is 3.30. The zero-order valence-corrected chi connectivity index (χ0v) is 11.2. The zero-order valence-electron chi connectivity index (χ0n) is 10.4. The standard InChI is InChI=1S/C11H19NO5S/c1-8(11(13)14)9-6-12(7-9)18(15,16)10-2-4-17-5-3-10/h8-10H,2-7H2,1H3,(H,13,14). The molecule has 0 aliphatic carbocycles. The summed E-state index contributed by atoms with van der Waals surface area (Å²) in [5.41, 5.74) is 0. The molecule has 2 aliphatic heterocycles. The predicted octanol–water partition coefficient (Wildman–Crippen LogP) is 0.148. The highest BCUT2D eigenvalue weighted by Crippen LogP contribution is 2.30. The first-order valence-corrected chi connectivity index (χ1v) is 7.72. The lowest BCUT2D eigenvalue weighted by molar-refractivity contribution is -0.144. The van der Waals surface area contributed by atoms with Crippen LogP contribution in [-0.2, 0) is 19.6 Å². The Kier molecular flexibility index (Phi) is 3.93. The molecule has 2 heterocycles. The van der Waals surface area contributed by atoms with Crippen molar-refractivity contribution in [2.45, 2.75) is 25.0 Å². The first-order valence-electron chi connectivity index (χ1n) is 6.22. The fraction of sp³-hybridized carbons (Fsp3) is 0.909. The van der Waals surface area contributed by atoms with Gasteiger partial charge in [-0.2, -0.15) is 0 Å². The molecule has 0 bridgehead atoms. The maximum Gasteiger partial charge on any atom is 0.306 e. The Labute approximate surface area is 107 Å². The van der Waals surface area contributed by atoms with E-state index in [-0.39, 0.29) is 11.2 Å². The summed E-state index contributed by atoms with van der Waals surface area (Å²) >= 11 is 0. The van der Waals surface area contributed by atoms with E-state index in [2.05, 4.69) is 0 Å². The Morgan fingerprint density at radius 1 is 1.33 bits per heavy atom. The van der Waals surface area contributed by atoms with Gasteiger partial charge in [0.15, 0.2) is 0 Å². The van der Waals surface area contributed by atoms with Gasteiger partial charge in [-0.25, -0.2) is 12.7 Å². The normalized spacial score (nSPS) is 25.6. The molecular formula is C11H19NO5S. The summed E-state index contributed by atoms with van der Waals surface area (Å²) in [5.74, 6) is -1.40. The van der Waals surface area contributed by atoms with Crippen molar-refractivity contribution >= 4 is 16.0 Å². The molecule has 0 aromatic heterocycles. The van der Waals surface area contributed by atoms with E-state index in [0.717, 1.165) is 0 Å². The van der Waals surface area contributed by atoms with Gasteiger partial charge in [0.25, 0.3) is 0 Å². The largest absolute Gasteiger partial charge is 0.481 e. The summed E-state index contributed by atoms with van der Waals surface area (Å²) < 4.78 is 31.0. The lowest BCUT2D eigenvalue weighted by Gasteiger charge is -2.42. The number of ether oxygens (including phenoxy) is 1. The maximum atomic E-state index is 12.2. The van der Waals surface area contributed by atoms with Gasteiger partial charge in [-0.15, -0.1) is 0 Å². The lowest BCUT2D eigenvalue weighted by atomic mass is 9.89. The van der Waals surface area contributed by atoms with Crippen LogP contribution in [0, 0.1) is 11.8 Å². The smallest absolute Gasteiger partial charge is 0.306 e. The summed E-state index contributed by atoms with van der Waals surface area (Å²) in [6, 6.07) is 0. The van der Waals surface area contributed by atoms with Gasteiger partial charge in [0.2, 0.25) is 10.0 Å². The number of hydrogen-bond acceptors (Lipinski definition) is 4. The van der Waals surface area contributed by atoms with Gasteiger partial charge in [0.1, 0.15) is 0 Å². The van der Waals surface area contributed by atoms with E-state index >= 15 is 0 Å². The van der Waals surface area contributed by atoms with Crippen LogP contribution in [0.2, 0.25) is 0 Å². The van der Waals surface area contributed by atoms with Crippen molar-refractivity contribution in [2.75, 3.05) is 26.3 Å². The summed E-state index contributed by atoms with van der Waals surface area (Å²) in [5, 5.41) is 8.52. The number of rotatable bonds is 4. The molecule has 18 heavy (non-hydrogen) atoms. The topological polar surface area (TPSA) is 83.9 Å². The lowest BCUT2D eigenvalue weighted by Crippen LogP contribution is -2.56. The Morgan fingerprint density at radius 3 is 2.39 bits per heavy atom. The number of aliphatic carboxylic acids is 1. The molecule has 2 rings (SSSR count). The molecule has 0 aromatic rings. The van der Waals surface area contributed by atoms with Crippen LogP contribution in [0.3, 0.4) is 0 Å². The Bertz CT molecular complexity index is 409. The number of sulfonamides is 1. The number of carbonyl (C=O) groups is 1. The van der Waals surface area contributed by atoms with Crippen LogP contribution in [-0.4, -0.2) is 55.4 Å². The van der Waals surface area contributed by atoms with Gasteiger partial charge in [-0.05, 0) is 18.8 Å². The fourth-order valence-electron chi connectivity index (χ4n) is 2.38. The van der Waals surface area contributed by atoms with Crippen molar-refractivity contribution in [3.05, 3.63) is 0 Å². The molecule has 2 fully saturated rings. The second-order valence-electron chi connectivity index (χ2n) is 5.06. The molecule has 7 heteroatoms. The minimum Gasteiger partial charge on any atom is -0.481 e. The monoisotopic (exact) mass is 277 g/mol. The number of carboxylic acid groups (broad SMARTS) is 1. The van der Waals surface area contributed by atoms with E-state index in [4.69, 9.17) is 9.84 Å². The predicted molar refractivity (Wildman–Crippen MR) is 64.6 cm³/mol. The van der Waals surface area contributed by atoms with Crippen molar-refractivity contribution in [3.63, 3.8) is 0 Å². The van der Waals surface area contributed by atoms with Crippen LogP contribution < -0.4 is 0 Å². The average molecular weight is 277 g/mol. The van der Waals surface area contributed by atoms with Crippen LogP contribution >= 0.6 is 0 Å². The molecule has 0 saturated carbocycles. The first-order chi connectivity index (χ1) is 8.43. The minimum absolute atomic E-state index is 0.0582. The number of hydrogen-bond donors (Lipinski definition) is 1. The molecule has 6 nitrogen and oxygen atoms in total. The third-order valence-electron chi connectivity index (χ3n) is 3.92. The zero-order chi connectivity index (χ0) is 13.3. The molecule has 0 aromatic carbocycles. The van der Waals surface area contributed by atoms with Gasteiger partial charge in [0, 0.05) is 26.3 Å². The Balaban J connectivity index is 1.92. The molecule has 0 radical (unpaired) electrons. The molecule has 0 amide bonds. The van der Waals surface area contributed by atoms with E-state index in [1.165, 1.54) is 4.31 Å². The second kappa shape index (κ2) is 5.14. The second-order valence-corrected chi connectivity index (χ2v) is 7.27. The number of carboxylic acids is 1. The van der Waals surface area contributed by atoms with Crippen molar-refractivity contribution in [2.24, 2.45) is 11.8 Å². The summed E-state index contributed by atoms with van der Waals surface area (Å²) in [6.07, 6.45) is 1.08. The van der Waals surface area contributed by atoms with E-state index in [9.17, 15) is 13.2 Å². The molecule has 1 atom stereocenters. The van der Waals surface area contributed by atoms with E-state index in [0.29, 0.717) is 39.1 Å². The Morgan fingerprint density at radius 2 is 1.89 bits per heavy atom. The van der Waals surface area contributed by atoms with Crippen LogP contribution in [0.4, 0.5) is 0 Å². The van der Waals surface area contributed by atoms with Crippen molar-refractivity contribution in [3.8, 4) is 0 Å². The van der Waals surface area contributed by atoms with E-state index in [1.54, 1.807) is 6.92 Å². The average Bonchev–Trinajstić information content (AvgIpc) is 2.27. The highest BCUT2D eigenvalue weighted by atomic mass is 32.2. The SMILES string of the molecule is CC(C(=O)O)C1CN(S(=O)(=O)C2CCOCC2)C1. The van der Waals surface area contributed by atoms with Crippen LogP contribution in [0.5, 0.6) is 0 Å².